The molecule has 42 heavy (non-hydrogen) atoms. The van der Waals surface area contributed by atoms with Crippen molar-refractivity contribution in [3.63, 3.8) is 0 Å². The van der Waals surface area contributed by atoms with Crippen molar-refractivity contribution in [3.05, 3.63) is 58.7 Å². The number of benzene rings is 2. The number of anilines is 2. The molecule has 1 aliphatic rings. The van der Waals surface area contributed by atoms with Gasteiger partial charge in [-0.3, -0.25) is 10.2 Å². The van der Waals surface area contributed by atoms with Crippen molar-refractivity contribution in [1.82, 2.24) is 14.7 Å². The Morgan fingerprint density at radius 3 is 2.52 bits per heavy atom. The SMILES string of the molecule is CCOCCOCCOCCC(=O)N1CCc2cc(Cn3nc(-c4ccc(O)c(N)c4)c(C(=N)C#N)c3N)ccc2C1. The molecule has 0 atom stereocenters. The van der Waals surface area contributed by atoms with Gasteiger partial charge in [-0.25, -0.2) is 4.68 Å². The first kappa shape index (κ1) is 30.5. The minimum absolute atomic E-state index is 0.0566. The number of rotatable bonds is 14. The minimum atomic E-state index is -0.313. The second-order valence-corrected chi connectivity index (χ2v) is 9.87. The van der Waals surface area contributed by atoms with E-state index in [4.69, 9.17) is 31.1 Å². The Bertz CT molecular complexity index is 1460. The van der Waals surface area contributed by atoms with Crippen molar-refractivity contribution in [2.75, 3.05) is 57.7 Å². The maximum absolute atomic E-state index is 12.7. The van der Waals surface area contributed by atoms with Gasteiger partial charge in [0, 0.05) is 25.3 Å². The fraction of sp³-hybridized carbons (Fsp3) is 0.400. The second kappa shape index (κ2) is 14.5. The zero-order chi connectivity index (χ0) is 30.1. The van der Waals surface area contributed by atoms with Crippen molar-refractivity contribution < 1.29 is 24.1 Å². The molecule has 222 valence electrons. The molecule has 4 rings (SSSR count). The quantitative estimate of drug-likeness (QED) is 0.0970. The molecule has 2 aromatic carbocycles. The number of ether oxygens (including phenoxy) is 3. The molecule has 0 radical (unpaired) electrons. The van der Waals surface area contributed by atoms with Gasteiger partial charge >= 0.3 is 0 Å². The molecule has 3 aromatic rings. The van der Waals surface area contributed by atoms with E-state index in [1.165, 1.54) is 12.1 Å². The molecule has 2 heterocycles. The third-order valence-electron chi connectivity index (χ3n) is 7.03. The van der Waals surface area contributed by atoms with Gasteiger partial charge < -0.3 is 35.7 Å². The van der Waals surface area contributed by atoms with Gasteiger partial charge in [0.2, 0.25) is 5.91 Å². The van der Waals surface area contributed by atoms with E-state index in [1.807, 2.05) is 30.0 Å². The molecular weight excluding hydrogens is 538 g/mol. The Morgan fingerprint density at radius 1 is 1.07 bits per heavy atom. The summed E-state index contributed by atoms with van der Waals surface area (Å²) in [6, 6.07) is 12.5. The first-order valence-corrected chi connectivity index (χ1v) is 13.9. The van der Waals surface area contributed by atoms with Crippen LogP contribution in [0.3, 0.4) is 0 Å². The number of aromatic hydroxyl groups is 1. The Labute approximate surface area is 244 Å². The molecule has 0 saturated heterocycles. The lowest BCUT2D eigenvalue weighted by atomic mass is 9.97. The fourth-order valence-electron chi connectivity index (χ4n) is 4.79. The molecule has 0 bridgehead atoms. The number of fused-ring (bicyclic) bond motifs is 1. The molecule has 0 saturated carbocycles. The van der Waals surface area contributed by atoms with E-state index >= 15 is 0 Å². The van der Waals surface area contributed by atoms with Crippen LogP contribution in [0.25, 0.3) is 11.3 Å². The van der Waals surface area contributed by atoms with Gasteiger partial charge in [0.1, 0.15) is 29.0 Å². The first-order valence-electron chi connectivity index (χ1n) is 13.9. The summed E-state index contributed by atoms with van der Waals surface area (Å²) in [5.74, 6) is 0.179. The Balaban J connectivity index is 1.36. The number of nitrogens with two attached hydrogens (primary N) is 2. The van der Waals surface area contributed by atoms with E-state index in [0.29, 0.717) is 77.0 Å². The van der Waals surface area contributed by atoms with Gasteiger partial charge in [0.05, 0.1) is 57.3 Å². The number of nitrogens with one attached hydrogen (secondary N) is 1. The topological polar surface area (TPSA) is 186 Å². The van der Waals surface area contributed by atoms with Crippen LogP contribution in [0, 0.1) is 16.7 Å². The van der Waals surface area contributed by atoms with Crippen molar-refractivity contribution in [1.29, 1.82) is 10.7 Å². The van der Waals surface area contributed by atoms with Crippen molar-refractivity contribution in [3.8, 4) is 23.1 Å². The number of nitrogens with zero attached hydrogens (tertiary/aromatic N) is 4. The number of phenols is 1. The summed E-state index contributed by atoms with van der Waals surface area (Å²) >= 11 is 0. The average molecular weight is 576 g/mol. The predicted molar refractivity (Wildman–Crippen MR) is 158 cm³/mol. The van der Waals surface area contributed by atoms with E-state index in [2.05, 4.69) is 11.2 Å². The van der Waals surface area contributed by atoms with Gasteiger partial charge in [0.25, 0.3) is 0 Å². The zero-order valence-corrected chi connectivity index (χ0v) is 23.8. The lowest BCUT2D eigenvalue weighted by Crippen LogP contribution is -2.36. The lowest BCUT2D eigenvalue weighted by Gasteiger charge is -2.29. The lowest BCUT2D eigenvalue weighted by molar-refractivity contribution is -0.133. The monoisotopic (exact) mass is 575 g/mol. The Kier molecular flexibility index (Phi) is 10.5. The summed E-state index contributed by atoms with van der Waals surface area (Å²) < 4.78 is 17.7. The molecular formula is C30H37N7O5. The maximum atomic E-state index is 12.7. The molecule has 12 heteroatoms. The highest BCUT2D eigenvalue weighted by Gasteiger charge is 2.23. The second-order valence-electron chi connectivity index (χ2n) is 9.87. The normalized spacial score (nSPS) is 12.6. The molecule has 1 aromatic heterocycles. The smallest absolute Gasteiger partial charge is 0.225 e. The summed E-state index contributed by atoms with van der Waals surface area (Å²) in [6.07, 6.45) is 1.04. The van der Waals surface area contributed by atoms with E-state index in [0.717, 1.165) is 23.1 Å². The van der Waals surface area contributed by atoms with Gasteiger partial charge in [-0.2, -0.15) is 10.4 Å². The standard InChI is InChI=1S/C30H37N7O5/c1-2-40-11-12-42-14-13-41-10-8-27(39)36-9-7-21-15-20(3-4-23(21)19-36)18-37-30(34)28(25(33)17-31)29(35-37)22-5-6-26(38)24(32)16-22/h3-6,15-16,33,38H,2,7-14,18-19,32,34H2,1H3. The van der Waals surface area contributed by atoms with Crippen molar-refractivity contribution in [2.24, 2.45) is 0 Å². The van der Waals surface area contributed by atoms with Crippen LogP contribution in [0.4, 0.5) is 11.5 Å². The number of aromatic nitrogens is 2. The molecule has 1 amide bonds. The Morgan fingerprint density at radius 2 is 1.81 bits per heavy atom. The van der Waals surface area contributed by atoms with Crippen molar-refractivity contribution >= 4 is 23.1 Å². The zero-order valence-electron chi connectivity index (χ0n) is 23.8. The number of hydrogen-bond donors (Lipinski definition) is 4. The van der Waals surface area contributed by atoms with Gasteiger partial charge in [0.15, 0.2) is 0 Å². The number of carbonyl (C=O) groups is 1. The molecule has 1 aliphatic heterocycles. The first-order chi connectivity index (χ1) is 20.3. The number of phenolic OH excluding ortho intramolecular Hbond substituents is 1. The van der Waals surface area contributed by atoms with Crippen LogP contribution in [0.15, 0.2) is 36.4 Å². The number of carbonyl (C=O) groups excluding carboxylic acids is 1. The highest BCUT2D eigenvalue weighted by atomic mass is 16.5. The predicted octanol–water partition coefficient (Wildman–Crippen LogP) is 2.70. The number of hydrogen-bond acceptors (Lipinski definition) is 10. The van der Waals surface area contributed by atoms with Crippen LogP contribution in [0.5, 0.6) is 5.75 Å². The van der Waals surface area contributed by atoms with Crippen LogP contribution in [-0.2, 0) is 38.5 Å². The van der Waals surface area contributed by atoms with Crippen LogP contribution >= 0.6 is 0 Å². The number of nitrogen functional groups attached to an aromatic ring is 2. The third kappa shape index (κ3) is 7.44. The summed E-state index contributed by atoms with van der Waals surface area (Å²) in [6.45, 7) is 6.45. The molecule has 0 unspecified atom stereocenters. The van der Waals surface area contributed by atoms with E-state index < -0.39 is 0 Å². The summed E-state index contributed by atoms with van der Waals surface area (Å²) in [5.41, 5.74) is 16.4. The molecule has 0 aliphatic carbocycles. The Hall–Kier alpha value is -4.44. The summed E-state index contributed by atoms with van der Waals surface area (Å²) in [5, 5.41) is 32.0. The van der Waals surface area contributed by atoms with Gasteiger partial charge in [-0.1, -0.05) is 18.2 Å². The average Bonchev–Trinajstić information content (AvgIpc) is 3.32. The molecule has 0 fully saturated rings. The highest BCUT2D eigenvalue weighted by Crippen LogP contribution is 2.32. The largest absolute Gasteiger partial charge is 0.506 e. The van der Waals surface area contributed by atoms with Gasteiger partial charge in [-0.15, -0.1) is 0 Å². The van der Waals surface area contributed by atoms with Crippen LogP contribution < -0.4 is 11.5 Å². The molecule has 0 spiro atoms. The van der Waals surface area contributed by atoms with Crippen molar-refractivity contribution in [2.45, 2.75) is 32.9 Å². The number of nitriles is 1. The summed E-state index contributed by atoms with van der Waals surface area (Å²) in [4.78, 5) is 14.6. The number of amides is 1. The third-order valence-corrected chi connectivity index (χ3v) is 7.03. The molecule has 6 N–H and O–H groups in total. The van der Waals surface area contributed by atoms with Crippen LogP contribution in [-0.4, -0.2) is 77.6 Å². The van der Waals surface area contributed by atoms with E-state index in [-0.39, 0.29) is 34.4 Å². The molecule has 12 nitrogen and oxygen atoms in total. The van der Waals surface area contributed by atoms with Gasteiger partial charge in [-0.05, 0) is 48.2 Å². The minimum Gasteiger partial charge on any atom is -0.506 e. The van der Waals surface area contributed by atoms with Crippen LogP contribution in [0.1, 0.15) is 35.6 Å². The van der Waals surface area contributed by atoms with E-state index in [9.17, 15) is 15.2 Å². The van der Waals surface area contributed by atoms with E-state index in [1.54, 1.807) is 10.7 Å². The highest BCUT2D eigenvalue weighted by molar-refractivity contribution is 6.16. The maximum Gasteiger partial charge on any atom is 0.225 e. The summed E-state index contributed by atoms with van der Waals surface area (Å²) in [7, 11) is 0. The van der Waals surface area contributed by atoms with Crippen LogP contribution in [0.2, 0.25) is 0 Å². The fourth-order valence-corrected chi connectivity index (χ4v) is 4.79.